The number of hydrogen-bond acceptors (Lipinski definition) is 6. The summed E-state index contributed by atoms with van der Waals surface area (Å²) >= 11 is 12.3. The summed E-state index contributed by atoms with van der Waals surface area (Å²) < 4.78 is 42.2. The van der Waals surface area contributed by atoms with Crippen LogP contribution in [-0.2, 0) is 39.2 Å². The van der Waals surface area contributed by atoms with Gasteiger partial charge in [0, 0.05) is 18.5 Å². The van der Waals surface area contributed by atoms with Gasteiger partial charge in [0.05, 0.1) is 36.6 Å². The zero-order valence-corrected chi connectivity index (χ0v) is 23.1. The van der Waals surface area contributed by atoms with Crippen LogP contribution in [-0.4, -0.2) is 29.2 Å². The van der Waals surface area contributed by atoms with E-state index in [0.717, 1.165) is 22.3 Å². The molecule has 5 rings (SSSR count). The number of aliphatic hydroxyl groups is 1. The molecular formula is C28H27Cl2N3O5S. The van der Waals surface area contributed by atoms with E-state index in [1.807, 2.05) is 48.5 Å². The molecule has 39 heavy (non-hydrogen) atoms. The zero-order valence-electron chi connectivity index (χ0n) is 20.8. The Morgan fingerprint density at radius 3 is 2.23 bits per heavy atom. The summed E-state index contributed by atoms with van der Waals surface area (Å²) in [4.78, 5) is 4.27. The Hall–Kier alpha value is -2.76. The normalized spacial score (nSPS) is 19.7. The lowest BCUT2D eigenvalue weighted by molar-refractivity contribution is -0.252. The lowest BCUT2D eigenvalue weighted by atomic mass is 10.00. The summed E-state index contributed by atoms with van der Waals surface area (Å²) in [7, 11) is -3.61. The highest BCUT2D eigenvalue weighted by Gasteiger charge is 2.33. The Labute approximate surface area is 237 Å². The second-order valence-electron chi connectivity index (χ2n) is 9.21. The molecular weight excluding hydrogens is 561 g/mol. The maximum Gasteiger partial charge on any atom is 0.240 e. The number of nitrogens with zero attached hydrogens (tertiary/aromatic N) is 2. The van der Waals surface area contributed by atoms with Gasteiger partial charge in [-0.1, -0.05) is 89.9 Å². The minimum absolute atomic E-state index is 0.0338. The molecule has 1 fully saturated rings. The van der Waals surface area contributed by atoms with Crippen molar-refractivity contribution in [3.05, 3.63) is 118 Å². The minimum Gasteiger partial charge on any atom is -0.392 e. The van der Waals surface area contributed by atoms with Gasteiger partial charge in [-0.25, -0.2) is 18.1 Å². The Balaban J connectivity index is 1.32. The average molecular weight is 589 g/mol. The molecule has 11 heteroatoms. The van der Waals surface area contributed by atoms with Gasteiger partial charge in [-0.3, -0.25) is 0 Å². The molecule has 0 amide bonds. The van der Waals surface area contributed by atoms with Crippen molar-refractivity contribution >= 4 is 33.2 Å². The SMILES string of the molecule is O=S(=O)(NCc1ccc(C2OC(Cn3cnc(Cl)c3Cl)CC(c3ccc(CO)cc3)O2)cc1)c1ccccc1. The van der Waals surface area contributed by atoms with Crippen LogP contribution in [0.4, 0.5) is 0 Å². The van der Waals surface area contributed by atoms with Crippen LogP contribution in [0.25, 0.3) is 0 Å². The van der Waals surface area contributed by atoms with Gasteiger partial charge in [-0.2, -0.15) is 0 Å². The Kier molecular flexibility index (Phi) is 8.68. The smallest absolute Gasteiger partial charge is 0.240 e. The van der Waals surface area contributed by atoms with Crippen molar-refractivity contribution < 1.29 is 23.0 Å². The summed E-state index contributed by atoms with van der Waals surface area (Å²) in [5.41, 5.74) is 3.37. The van der Waals surface area contributed by atoms with E-state index in [0.29, 0.717) is 18.1 Å². The number of hydrogen-bond donors (Lipinski definition) is 2. The molecule has 3 unspecified atom stereocenters. The molecule has 4 aromatic rings. The van der Waals surface area contributed by atoms with Crippen LogP contribution in [0, 0.1) is 0 Å². The first-order valence-electron chi connectivity index (χ1n) is 12.3. The van der Waals surface area contributed by atoms with Gasteiger partial charge in [0.25, 0.3) is 0 Å². The molecule has 3 atom stereocenters. The zero-order chi connectivity index (χ0) is 27.4. The molecule has 0 radical (unpaired) electrons. The summed E-state index contributed by atoms with van der Waals surface area (Å²) in [6, 6.07) is 23.3. The molecule has 0 bridgehead atoms. The highest BCUT2D eigenvalue weighted by molar-refractivity contribution is 7.89. The fourth-order valence-corrected chi connectivity index (χ4v) is 5.73. The Morgan fingerprint density at radius 2 is 1.59 bits per heavy atom. The third kappa shape index (κ3) is 6.70. The molecule has 0 aliphatic carbocycles. The van der Waals surface area contributed by atoms with E-state index in [9.17, 15) is 13.5 Å². The molecule has 8 nitrogen and oxygen atoms in total. The number of halogens is 2. The van der Waals surface area contributed by atoms with E-state index in [-0.39, 0.29) is 35.4 Å². The van der Waals surface area contributed by atoms with Gasteiger partial charge in [-0.15, -0.1) is 0 Å². The molecule has 0 spiro atoms. The van der Waals surface area contributed by atoms with Crippen molar-refractivity contribution in [3.63, 3.8) is 0 Å². The van der Waals surface area contributed by atoms with Gasteiger partial charge < -0.3 is 19.1 Å². The third-order valence-electron chi connectivity index (χ3n) is 6.52. The number of imidazole rings is 1. The fourth-order valence-electron chi connectivity index (χ4n) is 4.38. The van der Waals surface area contributed by atoms with Crippen molar-refractivity contribution in [3.8, 4) is 0 Å². The predicted molar refractivity (Wildman–Crippen MR) is 148 cm³/mol. The predicted octanol–water partition coefficient (Wildman–Crippen LogP) is 5.41. The molecule has 1 aliphatic heterocycles. The molecule has 1 saturated heterocycles. The van der Waals surface area contributed by atoms with E-state index in [1.54, 1.807) is 41.2 Å². The third-order valence-corrected chi connectivity index (χ3v) is 8.71. The van der Waals surface area contributed by atoms with E-state index in [4.69, 9.17) is 32.7 Å². The monoisotopic (exact) mass is 587 g/mol. The number of rotatable bonds is 9. The van der Waals surface area contributed by atoms with Crippen molar-refractivity contribution in [1.82, 2.24) is 14.3 Å². The van der Waals surface area contributed by atoms with E-state index < -0.39 is 16.3 Å². The number of nitrogens with one attached hydrogen (secondary N) is 1. The van der Waals surface area contributed by atoms with Crippen molar-refractivity contribution in [1.29, 1.82) is 0 Å². The van der Waals surface area contributed by atoms with Crippen LogP contribution < -0.4 is 4.72 Å². The van der Waals surface area contributed by atoms with E-state index in [1.165, 1.54) is 0 Å². The summed E-state index contributed by atoms with van der Waals surface area (Å²) in [5, 5.41) is 9.98. The van der Waals surface area contributed by atoms with Crippen LogP contribution in [0.15, 0.2) is 90.1 Å². The van der Waals surface area contributed by atoms with Crippen molar-refractivity contribution in [2.45, 2.75) is 49.5 Å². The van der Waals surface area contributed by atoms with Gasteiger partial charge >= 0.3 is 0 Å². The van der Waals surface area contributed by atoms with Crippen molar-refractivity contribution in [2.24, 2.45) is 0 Å². The first kappa shape index (κ1) is 27.8. The lowest BCUT2D eigenvalue weighted by Gasteiger charge is -2.36. The second kappa shape index (κ2) is 12.2. The highest BCUT2D eigenvalue weighted by Crippen LogP contribution is 2.39. The van der Waals surface area contributed by atoms with Crippen LogP contribution in [0.3, 0.4) is 0 Å². The second-order valence-corrected chi connectivity index (χ2v) is 11.7. The molecule has 204 valence electrons. The average Bonchev–Trinajstić information content (AvgIpc) is 3.29. The summed E-state index contributed by atoms with van der Waals surface area (Å²) in [6.07, 6.45) is 0.956. The number of ether oxygens (including phenoxy) is 2. The highest BCUT2D eigenvalue weighted by atomic mass is 35.5. The van der Waals surface area contributed by atoms with E-state index in [2.05, 4.69) is 9.71 Å². The summed E-state index contributed by atoms with van der Waals surface area (Å²) in [5.74, 6) is 0. The standard InChI is InChI=1S/C28H27Cl2N3O5S/c29-26-27(30)33(18-31-26)16-23-14-25(21-10-8-20(17-34)9-11-21)38-28(37-23)22-12-6-19(7-13-22)15-32-39(35,36)24-4-2-1-3-5-24/h1-13,18,23,25,28,32,34H,14-17H2. The lowest BCUT2D eigenvalue weighted by Crippen LogP contribution is -2.32. The van der Waals surface area contributed by atoms with Crippen LogP contribution >= 0.6 is 23.2 Å². The Bertz CT molecular complexity index is 1500. The molecule has 1 aliphatic rings. The van der Waals surface area contributed by atoms with Gasteiger partial charge in [0.15, 0.2) is 11.4 Å². The minimum atomic E-state index is -3.61. The van der Waals surface area contributed by atoms with Crippen LogP contribution in [0.2, 0.25) is 10.3 Å². The molecule has 3 aromatic carbocycles. The molecule has 2 heterocycles. The van der Waals surface area contributed by atoms with Gasteiger partial charge in [0.1, 0.15) is 5.15 Å². The molecule has 2 N–H and O–H groups in total. The number of benzene rings is 3. The maximum absolute atomic E-state index is 12.6. The molecule has 1 aromatic heterocycles. The first-order chi connectivity index (χ1) is 18.8. The fraction of sp³-hybridized carbons (Fsp3) is 0.250. The van der Waals surface area contributed by atoms with Crippen LogP contribution in [0.5, 0.6) is 0 Å². The number of sulfonamides is 1. The first-order valence-corrected chi connectivity index (χ1v) is 14.6. The topological polar surface area (TPSA) is 103 Å². The number of aliphatic hydroxyl groups excluding tert-OH is 1. The Morgan fingerprint density at radius 1 is 0.923 bits per heavy atom. The maximum atomic E-state index is 12.6. The van der Waals surface area contributed by atoms with Gasteiger partial charge in [-0.05, 0) is 28.8 Å². The quantitative estimate of drug-likeness (QED) is 0.271. The molecule has 0 saturated carbocycles. The largest absolute Gasteiger partial charge is 0.392 e. The van der Waals surface area contributed by atoms with Crippen LogP contribution in [0.1, 0.15) is 41.1 Å². The van der Waals surface area contributed by atoms with E-state index >= 15 is 0 Å². The number of aromatic nitrogens is 2. The van der Waals surface area contributed by atoms with Gasteiger partial charge in [0.2, 0.25) is 10.0 Å². The van der Waals surface area contributed by atoms with Crippen molar-refractivity contribution in [2.75, 3.05) is 0 Å². The summed E-state index contributed by atoms with van der Waals surface area (Å²) in [6.45, 7) is 0.545.